The number of carboxylic acid groups (broad SMARTS) is 1. The van der Waals surface area contributed by atoms with Crippen molar-refractivity contribution in [3.63, 3.8) is 0 Å². The molecule has 1 saturated heterocycles. The van der Waals surface area contributed by atoms with Gasteiger partial charge in [0.25, 0.3) is 11.7 Å². The number of carbonyl (C=O) groups is 3. The molecule has 1 aliphatic rings. The number of amides is 1. The van der Waals surface area contributed by atoms with Crippen molar-refractivity contribution >= 4 is 23.4 Å². The summed E-state index contributed by atoms with van der Waals surface area (Å²) in [5.74, 6) is -2.61. The number of pyridine rings is 1. The molecular formula is C21H19N2O6-. The molecule has 1 aromatic heterocycles. The first-order chi connectivity index (χ1) is 13.9. The lowest BCUT2D eigenvalue weighted by molar-refractivity contribution is -0.305. The van der Waals surface area contributed by atoms with Gasteiger partial charge in [0.2, 0.25) is 0 Å². The lowest BCUT2D eigenvalue weighted by Crippen LogP contribution is -2.32. The number of benzene rings is 1. The highest BCUT2D eigenvalue weighted by Crippen LogP contribution is 2.39. The molecule has 1 fully saturated rings. The number of aromatic nitrogens is 1. The summed E-state index contributed by atoms with van der Waals surface area (Å²) in [5.41, 5.74) is 0.823. The Morgan fingerprint density at radius 1 is 1.24 bits per heavy atom. The van der Waals surface area contributed by atoms with Gasteiger partial charge in [-0.15, -0.1) is 0 Å². The quantitative estimate of drug-likeness (QED) is 0.422. The average molecular weight is 395 g/mol. The van der Waals surface area contributed by atoms with Gasteiger partial charge < -0.3 is 24.6 Å². The number of nitrogens with zero attached hydrogens (tertiary/aromatic N) is 2. The van der Waals surface area contributed by atoms with Gasteiger partial charge in [-0.2, -0.15) is 0 Å². The van der Waals surface area contributed by atoms with Crippen molar-refractivity contribution in [3.05, 3.63) is 65.5 Å². The highest BCUT2D eigenvalue weighted by molar-refractivity contribution is 6.46. The minimum atomic E-state index is -1.24. The topological polar surface area (TPSA) is 120 Å². The van der Waals surface area contributed by atoms with Gasteiger partial charge in [0.05, 0.1) is 18.7 Å². The molecule has 0 aliphatic carbocycles. The highest BCUT2D eigenvalue weighted by atomic mass is 16.5. The molecule has 2 heterocycles. The van der Waals surface area contributed by atoms with Crippen LogP contribution in [0.15, 0.2) is 54.4 Å². The van der Waals surface area contributed by atoms with Crippen LogP contribution in [-0.4, -0.2) is 46.3 Å². The second-order valence-corrected chi connectivity index (χ2v) is 6.48. The maximum Gasteiger partial charge on any atom is 0.295 e. The Morgan fingerprint density at radius 2 is 1.97 bits per heavy atom. The van der Waals surface area contributed by atoms with E-state index in [1.807, 2.05) is 0 Å². The van der Waals surface area contributed by atoms with Crippen LogP contribution in [0.2, 0.25) is 0 Å². The SMILES string of the molecule is COc1ccc(C(O)=C2C(=O)C(=O)N(CCCC(=O)[O-])[C@@H]2c2cccnc2)cc1. The zero-order chi connectivity index (χ0) is 21.0. The van der Waals surface area contributed by atoms with Crippen molar-refractivity contribution in [1.82, 2.24) is 9.88 Å². The second kappa shape index (κ2) is 8.55. The molecule has 1 N–H and O–H groups in total. The van der Waals surface area contributed by atoms with Crippen LogP contribution in [0.25, 0.3) is 5.76 Å². The number of carbonyl (C=O) groups excluding carboxylic acids is 3. The van der Waals surface area contributed by atoms with Gasteiger partial charge in [-0.25, -0.2) is 0 Å². The minimum absolute atomic E-state index is 0.0253. The number of carboxylic acids is 1. The van der Waals surface area contributed by atoms with Gasteiger partial charge in [-0.05, 0) is 48.7 Å². The molecule has 1 aliphatic heterocycles. The molecule has 3 rings (SSSR count). The number of ether oxygens (including phenoxy) is 1. The van der Waals surface area contributed by atoms with E-state index in [2.05, 4.69) is 4.98 Å². The number of Topliss-reactive ketones (excluding diaryl/α,β-unsaturated/α-hetero) is 1. The fraction of sp³-hybridized carbons (Fsp3) is 0.238. The van der Waals surface area contributed by atoms with E-state index in [9.17, 15) is 24.6 Å². The molecule has 0 radical (unpaired) electrons. The van der Waals surface area contributed by atoms with Crippen LogP contribution in [-0.2, 0) is 14.4 Å². The van der Waals surface area contributed by atoms with Gasteiger partial charge in [-0.1, -0.05) is 6.07 Å². The maximum absolute atomic E-state index is 12.8. The van der Waals surface area contributed by atoms with E-state index in [0.29, 0.717) is 16.9 Å². The van der Waals surface area contributed by atoms with E-state index in [1.165, 1.54) is 18.2 Å². The first kappa shape index (κ1) is 20.1. The Morgan fingerprint density at radius 3 is 2.55 bits per heavy atom. The van der Waals surface area contributed by atoms with Crippen molar-refractivity contribution in [3.8, 4) is 5.75 Å². The van der Waals surface area contributed by atoms with Crippen molar-refractivity contribution in [2.45, 2.75) is 18.9 Å². The summed E-state index contributed by atoms with van der Waals surface area (Å²) >= 11 is 0. The second-order valence-electron chi connectivity index (χ2n) is 6.48. The van der Waals surface area contributed by atoms with Crippen LogP contribution >= 0.6 is 0 Å². The fourth-order valence-electron chi connectivity index (χ4n) is 3.29. The van der Waals surface area contributed by atoms with Crippen LogP contribution in [0.5, 0.6) is 5.75 Å². The van der Waals surface area contributed by atoms with Crippen molar-refractivity contribution in [2.24, 2.45) is 0 Å². The summed E-state index contributed by atoms with van der Waals surface area (Å²) in [7, 11) is 1.51. The largest absolute Gasteiger partial charge is 0.550 e. The first-order valence-corrected chi connectivity index (χ1v) is 8.96. The monoisotopic (exact) mass is 395 g/mol. The van der Waals surface area contributed by atoms with Crippen LogP contribution in [0.3, 0.4) is 0 Å². The number of rotatable bonds is 7. The number of aliphatic carboxylic acids is 1. The number of hydrogen-bond acceptors (Lipinski definition) is 7. The third kappa shape index (κ3) is 4.11. The first-order valence-electron chi connectivity index (χ1n) is 8.96. The molecule has 1 aromatic carbocycles. The third-order valence-corrected chi connectivity index (χ3v) is 4.68. The average Bonchev–Trinajstić information content (AvgIpc) is 2.98. The Balaban J connectivity index is 2.06. The zero-order valence-electron chi connectivity index (χ0n) is 15.7. The Bertz CT molecular complexity index is 953. The van der Waals surface area contributed by atoms with E-state index < -0.39 is 23.7 Å². The summed E-state index contributed by atoms with van der Waals surface area (Å²) < 4.78 is 5.10. The Hall–Kier alpha value is -3.68. The predicted octanol–water partition coefficient (Wildman–Crippen LogP) is 1.04. The summed E-state index contributed by atoms with van der Waals surface area (Å²) in [6.45, 7) is 0.0253. The van der Waals surface area contributed by atoms with E-state index in [0.717, 1.165) is 0 Å². The lowest BCUT2D eigenvalue weighted by atomic mass is 9.96. The number of ketones is 1. The molecule has 29 heavy (non-hydrogen) atoms. The Labute approximate surface area is 167 Å². The lowest BCUT2D eigenvalue weighted by Gasteiger charge is -2.25. The maximum atomic E-state index is 12.8. The number of hydrogen-bond donors (Lipinski definition) is 1. The Kier molecular flexibility index (Phi) is 5.92. The van der Waals surface area contributed by atoms with E-state index in [1.54, 1.807) is 42.6 Å². The summed E-state index contributed by atoms with van der Waals surface area (Å²) in [5, 5.41) is 21.6. The van der Waals surface area contributed by atoms with Gasteiger partial charge >= 0.3 is 0 Å². The van der Waals surface area contributed by atoms with E-state index in [4.69, 9.17) is 4.74 Å². The predicted molar refractivity (Wildman–Crippen MR) is 100 cm³/mol. The number of aliphatic hydroxyl groups is 1. The number of methoxy groups -OCH3 is 1. The van der Waals surface area contributed by atoms with Gasteiger partial charge in [-0.3, -0.25) is 14.6 Å². The number of aliphatic hydroxyl groups excluding tert-OH is 1. The van der Waals surface area contributed by atoms with Crippen LogP contribution in [0.4, 0.5) is 0 Å². The van der Waals surface area contributed by atoms with Gasteiger partial charge in [0.1, 0.15) is 11.5 Å². The van der Waals surface area contributed by atoms with E-state index in [-0.39, 0.29) is 30.7 Å². The van der Waals surface area contributed by atoms with Gasteiger partial charge in [0, 0.05) is 30.5 Å². The normalized spacial score (nSPS) is 18.1. The van der Waals surface area contributed by atoms with Gasteiger partial charge in [0.15, 0.2) is 0 Å². The van der Waals surface area contributed by atoms with Crippen LogP contribution in [0, 0.1) is 0 Å². The minimum Gasteiger partial charge on any atom is -0.550 e. The molecular weight excluding hydrogens is 376 g/mol. The standard InChI is InChI=1S/C21H20N2O6/c1-29-15-8-6-13(7-9-15)19(26)17-18(14-4-2-10-22-12-14)23(21(28)20(17)27)11-3-5-16(24)25/h2,4,6-10,12,18,26H,3,5,11H2,1H3,(H,24,25)/p-1/t18-/m1/s1. The molecule has 1 atom stereocenters. The van der Waals surface area contributed by atoms with Crippen molar-refractivity contribution < 1.29 is 29.3 Å². The molecule has 0 saturated carbocycles. The molecule has 1 amide bonds. The van der Waals surface area contributed by atoms with E-state index >= 15 is 0 Å². The molecule has 8 heteroatoms. The molecule has 2 aromatic rings. The molecule has 150 valence electrons. The third-order valence-electron chi connectivity index (χ3n) is 4.68. The molecule has 0 spiro atoms. The molecule has 0 bridgehead atoms. The smallest absolute Gasteiger partial charge is 0.295 e. The van der Waals surface area contributed by atoms with Crippen molar-refractivity contribution in [1.29, 1.82) is 0 Å². The number of likely N-dealkylation sites (tertiary alicyclic amines) is 1. The zero-order valence-corrected chi connectivity index (χ0v) is 15.7. The summed E-state index contributed by atoms with van der Waals surface area (Å²) in [6.07, 6.45) is 2.93. The molecule has 0 unspecified atom stereocenters. The van der Waals surface area contributed by atoms with Crippen molar-refractivity contribution in [2.75, 3.05) is 13.7 Å². The molecule has 8 nitrogen and oxygen atoms in total. The fourth-order valence-corrected chi connectivity index (χ4v) is 3.29. The van der Waals surface area contributed by atoms with Crippen LogP contribution in [0.1, 0.15) is 30.0 Å². The summed E-state index contributed by atoms with van der Waals surface area (Å²) in [4.78, 5) is 41.4. The summed E-state index contributed by atoms with van der Waals surface area (Å²) in [6, 6.07) is 8.90. The van der Waals surface area contributed by atoms with Crippen LogP contribution < -0.4 is 9.84 Å². The highest BCUT2D eigenvalue weighted by Gasteiger charge is 2.45.